The number of sulfonamides is 1. The van der Waals surface area contributed by atoms with Crippen molar-refractivity contribution >= 4 is 33.2 Å². The number of rotatable bonds is 5. The minimum Gasteiger partial charge on any atom is -0.490 e. The Morgan fingerprint density at radius 3 is 2.71 bits per heavy atom. The number of hydrogen-bond donors (Lipinski definition) is 1. The van der Waals surface area contributed by atoms with Crippen LogP contribution in [0.15, 0.2) is 53.4 Å². The number of amides is 1. The van der Waals surface area contributed by atoms with E-state index in [9.17, 15) is 13.2 Å². The minimum atomic E-state index is -4.20. The number of fused-ring (bicyclic) bond motifs is 4. The van der Waals surface area contributed by atoms with Gasteiger partial charge in [-0.15, -0.1) is 0 Å². The highest BCUT2D eigenvalue weighted by Gasteiger charge is 2.45. The normalized spacial score (nSPS) is 29.8. The van der Waals surface area contributed by atoms with E-state index in [2.05, 4.69) is 32.7 Å². The van der Waals surface area contributed by atoms with Crippen LogP contribution in [0.1, 0.15) is 50.7 Å². The summed E-state index contributed by atoms with van der Waals surface area (Å²) in [6.45, 7) is 8.45. The van der Waals surface area contributed by atoms with E-state index in [4.69, 9.17) is 30.5 Å². The Labute approximate surface area is 295 Å². The Hall–Kier alpha value is -2.67. The quantitative estimate of drug-likeness (QED) is 0.441. The van der Waals surface area contributed by atoms with Gasteiger partial charge in [-0.3, -0.25) is 9.69 Å². The molecule has 0 aromatic heterocycles. The summed E-state index contributed by atoms with van der Waals surface area (Å²) < 4.78 is 54.1. The number of anilines is 1. The molecule has 1 amide bonds. The van der Waals surface area contributed by atoms with Crippen LogP contribution in [0, 0.1) is 11.8 Å². The van der Waals surface area contributed by atoms with Gasteiger partial charge in [-0.2, -0.15) is 0 Å². The molecule has 3 heterocycles. The van der Waals surface area contributed by atoms with Crippen LogP contribution >= 0.6 is 11.6 Å². The molecule has 4 atom stereocenters. The minimum absolute atomic E-state index is 0.0100. The number of nitrogens with one attached hydrogen (secondary N) is 1. The average Bonchev–Trinajstić information content (AvgIpc) is 3.18. The zero-order valence-corrected chi connectivity index (χ0v) is 30.2. The first-order valence-corrected chi connectivity index (χ1v) is 19.4. The van der Waals surface area contributed by atoms with Crippen molar-refractivity contribution in [2.75, 3.05) is 64.6 Å². The van der Waals surface area contributed by atoms with Crippen LogP contribution in [0.25, 0.3) is 0 Å². The first-order chi connectivity index (χ1) is 23.5. The Bertz CT molecular complexity index is 1690. The summed E-state index contributed by atoms with van der Waals surface area (Å²) in [5, 5.41) is 0.730. The molecule has 2 aliphatic carbocycles. The van der Waals surface area contributed by atoms with Crippen molar-refractivity contribution < 1.29 is 32.2 Å². The largest absolute Gasteiger partial charge is 0.490 e. The lowest BCUT2D eigenvalue weighted by molar-refractivity contribution is -0.139. The topological polar surface area (TPSA) is 107 Å². The van der Waals surface area contributed by atoms with E-state index in [1.54, 1.807) is 33.1 Å². The molecule has 49 heavy (non-hydrogen) atoms. The molecule has 1 saturated heterocycles. The number of carbonyl (C=O) groups excluding carboxylic acids is 1. The Balaban J connectivity index is 1.23. The van der Waals surface area contributed by atoms with Crippen LogP contribution in [-0.2, 0) is 40.9 Å². The van der Waals surface area contributed by atoms with Crippen molar-refractivity contribution in [1.82, 2.24) is 9.62 Å². The first-order valence-electron chi connectivity index (χ1n) is 17.5. The smallest absolute Gasteiger partial charge is 0.265 e. The molecule has 266 valence electrons. The van der Waals surface area contributed by atoms with Crippen LogP contribution in [0.3, 0.4) is 0 Å². The molecular weight excluding hydrogens is 666 g/mol. The first kappa shape index (κ1) is 34.8. The van der Waals surface area contributed by atoms with Crippen LogP contribution < -0.4 is 14.4 Å². The molecule has 0 radical (unpaired) electrons. The maximum atomic E-state index is 13.6. The number of benzene rings is 2. The SMILES string of the molecule is COC1CN(CCO[C@H]2C=CCOC(C)(C)C(=O)NS(=O)(=O)c3ccc4c(c3)N(C[C@@H]3CC[C@H]32)C[C@@]2(CCCc3cc(Cl)ccc32)CO4)C1. The number of likely N-dealkylation sites (tertiary alicyclic amines) is 1. The monoisotopic (exact) mass is 713 g/mol. The van der Waals surface area contributed by atoms with Gasteiger partial charge in [0, 0.05) is 50.3 Å². The van der Waals surface area contributed by atoms with E-state index in [1.165, 1.54) is 17.2 Å². The van der Waals surface area contributed by atoms with Gasteiger partial charge in [-0.1, -0.05) is 29.8 Å². The van der Waals surface area contributed by atoms with Gasteiger partial charge < -0.3 is 23.8 Å². The van der Waals surface area contributed by atoms with Crippen molar-refractivity contribution in [2.45, 2.75) is 74.1 Å². The summed E-state index contributed by atoms with van der Waals surface area (Å²) in [5.74, 6) is 0.498. The fourth-order valence-electron chi connectivity index (χ4n) is 8.11. The number of ether oxygens (including phenoxy) is 4. The van der Waals surface area contributed by atoms with Crippen molar-refractivity contribution in [2.24, 2.45) is 11.8 Å². The van der Waals surface area contributed by atoms with E-state index in [0.29, 0.717) is 37.5 Å². The Morgan fingerprint density at radius 2 is 1.94 bits per heavy atom. The van der Waals surface area contributed by atoms with Gasteiger partial charge in [0.25, 0.3) is 15.9 Å². The van der Waals surface area contributed by atoms with Gasteiger partial charge in [0.05, 0.1) is 42.6 Å². The molecule has 7 rings (SSSR count). The zero-order valence-electron chi connectivity index (χ0n) is 28.7. The molecule has 10 nitrogen and oxygen atoms in total. The van der Waals surface area contributed by atoms with Crippen molar-refractivity contribution in [3.8, 4) is 5.75 Å². The summed E-state index contributed by atoms with van der Waals surface area (Å²) in [7, 11) is -2.44. The fraction of sp³-hybridized carbons (Fsp3) is 0.595. The number of aryl methyl sites for hydroxylation is 1. The third-order valence-electron chi connectivity index (χ3n) is 11.3. The third-order valence-corrected chi connectivity index (χ3v) is 12.9. The second-order valence-corrected chi connectivity index (χ2v) is 17.0. The average molecular weight is 714 g/mol. The second-order valence-electron chi connectivity index (χ2n) is 14.9. The van der Waals surface area contributed by atoms with Crippen molar-refractivity contribution in [3.63, 3.8) is 0 Å². The number of carbonyl (C=O) groups is 1. The molecule has 5 aliphatic rings. The molecular formula is C37H48ClN3O7S. The summed E-state index contributed by atoms with van der Waals surface area (Å²) >= 11 is 6.45. The van der Waals surface area contributed by atoms with Gasteiger partial charge in [0.2, 0.25) is 0 Å². The molecule has 1 N–H and O–H groups in total. The molecule has 0 unspecified atom stereocenters. The molecule has 1 spiro atoms. The number of methoxy groups -OCH3 is 1. The second kappa shape index (κ2) is 13.8. The van der Waals surface area contributed by atoms with Crippen LogP contribution in [-0.4, -0.2) is 96.7 Å². The van der Waals surface area contributed by atoms with E-state index in [0.717, 1.165) is 69.0 Å². The zero-order chi connectivity index (χ0) is 34.4. The Morgan fingerprint density at radius 1 is 1.10 bits per heavy atom. The van der Waals surface area contributed by atoms with E-state index >= 15 is 0 Å². The maximum absolute atomic E-state index is 13.6. The molecule has 2 bridgehead atoms. The predicted molar refractivity (Wildman–Crippen MR) is 188 cm³/mol. The van der Waals surface area contributed by atoms with E-state index < -0.39 is 21.5 Å². The predicted octanol–water partition coefficient (Wildman–Crippen LogP) is 4.73. The lowest BCUT2D eigenvalue weighted by atomic mass is 9.68. The van der Waals surface area contributed by atoms with E-state index in [1.807, 2.05) is 12.1 Å². The van der Waals surface area contributed by atoms with Crippen molar-refractivity contribution in [1.29, 1.82) is 0 Å². The van der Waals surface area contributed by atoms with E-state index in [-0.39, 0.29) is 28.9 Å². The van der Waals surface area contributed by atoms with Crippen LogP contribution in [0.4, 0.5) is 5.69 Å². The molecule has 2 aromatic carbocycles. The van der Waals surface area contributed by atoms with Crippen LogP contribution in [0.5, 0.6) is 5.75 Å². The molecule has 2 aromatic rings. The highest BCUT2D eigenvalue weighted by atomic mass is 35.5. The van der Waals surface area contributed by atoms with Crippen LogP contribution in [0.2, 0.25) is 5.02 Å². The van der Waals surface area contributed by atoms with Gasteiger partial charge in [0.15, 0.2) is 0 Å². The van der Waals surface area contributed by atoms with Gasteiger partial charge in [0.1, 0.15) is 11.4 Å². The number of nitrogens with zero attached hydrogens (tertiary/aromatic N) is 2. The van der Waals surface area contributed by atoms with Gasteiger partial charge in [-0.25, -0.2) is 13.1 Å². The molecule has 1 saturated carbocycles. The lowest BCUT2D eigenvalue weighted by Gasteiger charge is -2.46. The summed E-state index contributed by atoms with van der Waals surface area (Å²) in [5.41, 5.74) is 1.54. The number of hydrogen-bond acceptors (Lipinski definition) is 9. The molecule has 12 heteroatoms. The standard InChI is InChI=1S/C37H48ClN3O7S/c1-36(2)35(42)39-49(43,44)29-10-13-34-32(19-29)41(23-37(24-47-34)14-4-6-25-18-27(38)9-12-31(25)37)20-26-8-11-30(26)33(7-5-16-48-36)46-17-15-40-21-28(22-40)45-3/h5,7,9-10,12-13,18-19,26,28,30,33H,4,6,8,11,14-17,20-24H2,1-3H3,(H,39,42)/t26-,30+,33-,37-/m0/s1. The molecule has 3 aliphatic heterocycles. The lowest BCUT2D eigenvalue weighted by Crippen LogP contribution is -2.53. The summed E-state index contributed by atoms with van der Waals surface area (Å²) in [6, 6.07) is 11.1. The number of halogens is 1. The van der Waals surface area contributed by atoms with Crippen molar-refractivity contribution in [3.05, 3.63) is 64.7 Å². The molecule has 2 fully saturated rings. The van der Waals surface area contributed by atoms with Gasteiger partial charge in [-0.05, 0) is 99.2 Å². The van der Waals surface area contributed by atoms with Gasteiger partial charge >= 0.3 is 0 Å². The summed E-state index contributed by atoms with van der Waals surface area (Å²) in [6.07, 6.45) is 9.15. The Kier molecular flexibility index (Phi) is 9.79. The maximum Gasteiger partial charge on any atom is 0.265 e. The third kappa shape index (κ3) is 7.12. The highest BCUT2D eigenvalue weighted by Crippen LogP contribution is 2.47. The summed E-state index contributed by atoms with van der Waals surface area (Å²) in [4.78, 5) is 18.0. The fourth-order valence-corrected chi connectivity index (χ4v) is 9.42. The highest BCUT2D eigenvalue weighted by molar-refractivity contribution is 7.90.